The zero-order chi connectivity index (χ0) is 18.5. The first-order valence-corrected chi connectivity index (χ1v) is 8.26. The van der Waals surface area contributed by atoms with Crippen LogP contribution in [0.4, 0.5) is 5.82 Å². The topological polar surface area (TPSA) is 124 Å². The van der Waals surface area contributed by atoms with Crippen molar-refractivity contribution in [1.29, 1.82) is 5.26 Å². The molecule has 0 aliphatic rings. The van der Waals surface area contributed by atoms with E-state index in [-0.39, 0.29) is 5.96 Å². The van der Waals surface area contributed by atoms with Crippen LogP contribution in [0, 0.1) is 11.5 Å². The smallest absolute Gasteiger partial charge is 0.209 e. The number of aliphatic imine (C=N–C) groups is 1. The van der Waals surface area contributed by atoms with Crippen molar-refractivity contribution in [2.24, 2.45) is 10.7 Å². The fraction of sp³-hybridized carbons (Fsp3) is 0.533. The van der Waals surface area contributed by atoms with Crippen LogP contribution in [0.5, 0.6) is 0 Å². The highest BCUT2D eigenvalue weighted by molar-refractivity contribution is 7.80. The van der Waals surface area contributed by atoms with Gasteiger partial charge in [0.2, 0.25) is 12.2 Å². The van der Waals surface area contributed by atoms with Crippen molar-refractivity contribution in [3.05, 3.63) is 18.1 Å². The molecule has 10 heteroatoms. The molecule has 1 aromatic heterocycles. The highest BCUT2D eigenvalue weighted by Crippen LogP contribution is 2.05. The second-order valence-electron chi connectivity index (χ2n) is 5.18. The highest BCUT2D eigenvalue weighted by Gasteiger charge is 2.04. The lowest BCUT2D eigenvalue weighted by Gasteiger charge is -2.16. The Kier molecular flexibility index (Phi) is 9.81. The van der Waals surface area contributed by atoms with Crippen LogP contribution in [0.1, 0.15) is 18.7 Å². The molecule has 136 valence electrons. The quantitative estimate of drug-likeness (QED) is 0.188. The summed E-state index contributed by atoms with van der Waals surface area (Å²) in [4.78, 5) is 13.9. The maximum Gasteiger partial charge on any atom is 0.209 e. The standard InChI is InChI=1S/C15H24N8OS/c1-23(14(17)20-11-16)9-4-3-5-12-18-7-6-13(21-12)22-15(25)19-8-10-24-2/h6-7H,3-5,8-10H2,1-2H3,(H2,17,20)(H2,18,19,21,22,25). The minimum atomic E-state index is 0.222. The molecule has 0 atom stereocenters. The predicted molar refractivity (Wildman–Crippen MR) is 101 cm³/mol. The molecule has 9 nitrogen and oxygen atoms in total. The van der Waals surface area contributed by atoms with Crippen LogP contribution in [-0.2, 0) is 11.2 Å². The molecule has 0 aliphatic carbocycles. The van der Waals surface area contributed by atoms with Crippen molar-refractivity contribution in [2.75, 3.05) is 39.2 Å². The zero-order valence-electron chi connectivity index (χ0n) is 14.5. The summed E-state index contributed by atoms with van der Waals surface area (Å²) in [6.45, 7) is 1.92. The normalized spacial score (nSPS) is 10.8. The van der Waals surface area contributed by atoms with E-state index in [1.807, 2.05) is 0 Å². The van der Waals surface area contributed by atoms with Gasteiger partial charge in [-0.05, 0) is 31.1 Å². The Morgan fingerprint density at radius 1 is 1.52 bits per heavy atom. The van der Waals surface area contributed by atoms with Gasteiger partial charge >= 0.3 is 0 Å². The first kappa shape index (κ1) is 20.5. The summed E-state index contributed by atoms with van der Waals surface area (Å²) in [7, 11) is 3.44. The van der Waals surface area contributed by atoms with Crippen molar-refractivity contribution >= 4 is 29.1 Å². The summed E-state index contributed by atoms with van der Waals surface area (Å²) in [6.07, 6.45) is 5.89. The molecule has 0 spiro atoms. The van der Waals surface area contributed by atoms with Gasteiger partial charge in [0, 0.05) is 39.9 Å². The summed E-state index contributed by atoms with van der Waals surface area (Å²) >= 11 is 5.18. The molecular formula is C15H24N8OS. The Balaban J connectivity index is 2.37. The molecule has 0 unspecified atom stereocenters. The van der Waals surface area contributed by atoms with Crippen LogP contribution in [0.15, 0.2) is 17.3 Å². The van der Waals surface area contributed by atoms with Crippen molar-refractivity contribution in [3.8, 4) is 6.19 Å². The number of nitrogens with zero attached hydrogens (tertiary/aromatic N) is 5. The first-order chi connectivity index (χ1) is 12.1. The lowest BCUT2D eigenvalue weighted by molar-refractivity contribution is 0.204. The molecule has 0 fully saturated rings. The Morgan fingerprint density at radius 2 is 2.32 bits per heavy atom. The van der Waals surface area contributed by atoms with E-state index in [0.29, 0.717) is 30.6 Å². The highest BCUT2D eigenvalue weighted by atomic mass is 32.1. The van der Waals surface area contributed by atoms with Gasteiger partial charge in [0.15, 0.2) is 5.11 Å². The third-order valence-corrected chi connectivity index (χ3v) is 3.48. The summed E-state index contributed by atoms with van der Waals surface area (Å²) in [5, 5.41) is 15.0. The van der Waals surface area contributed by atoms with E-state index >= 15 is 0 Å². The number of thiocarbonyl (C=S) groups is 1. The number of nitriles is 1. The largest absolute Gasteiger partial charge is 0.383 e. The number of nitrogens with two attached hydrogens (primary N) is 1. The van der Waals surface area contributed by atoms with Crippen LogP contribution >= 0.6 is 12.2 Å². The number of nitrogens with one attached hydrogen (secondary N) is 2. The predicted octanol–water partition coefficient (Wildman–Crippen LogP) is 0.460. The second-order valence-corrected chi connectivity index (χ2v) is 5.59. The molecule has 0 saturated heterocycles. The van der Waals surface area contributed by atoms with Crippen LogP contribution in [0.2, 0.25) is 0 Å². The second kappa shape index (κ2) is 11.9. The summed E-state index contributed by atoms with van der Waals surface area (Å²) in [5.41, 5.74) is 5.63. The van der Waals surface area contributed by atoms with Gasteiger partial charge in [0.05, 0.1) is 6.61 Å². The van der Waals surface area contributed by atoms with Gasteiger partial charge in [-0.1, -0.05) is 0 Å². The minimum absolute atomic E-state index is 0.222. The van der Waals surface area contributed by atoms with Crippen LogP contribution in [0.3, 0.4) is 0 Å². The van der Waals surface area contributed by atoms with E-state index in [9.17, 15) is 0 Å². The van der Waals surface area contributed by atoms with Crippen LogP contribution in [-0.4, -0.2) is 59.8 Å². The molecular weight excluding hydrogens is 340 g/mol. The number of unbranched alkanes of at least 4 members (excludes halogenated alkanes) is 1. The SMILES string of the molecule is COCCNC(=S)Nc1ccnc(CCCCN(C)C(N)=NC#N)n1. The Labute approximate surface area is 153 Å². The molecule has 0 radical (unpaired) electrons. The maximum absolute atomic E-state index is 8.47. The molecule has 0 bridgehead atoms. The lowest BCUT2D eigenvalue weighted by atomic mass is 10.2. The van der Waals surface area contributed by atoms with Gasteiger partial charge in [-0.3, -0.25) is 0 Å². The number of methoxy groups -OCH3 is 1. The van der Waals surface area contributed by atoms with E-state index < -0.39 is 0 Å². The van der Waals surface area contributed by atoms with E-state index in [4.69, 9.17) is 28.0 Å². The molecule has 25 heavy (non-hydrogen) atoms. The van der Waals surface area contributed by atoms with E-state index in [1.54, 1.807) is 37.5 Å². The lowest BCUT2D eigenvalue weighted by Crippen LogP contribution is -2.34. The van der Waals surface area contributed by atoms with E-state index in [1.165, 1.54) is 0 Å². The number of anilines is 1. The Morgan fingerprint density at radius 3 is 3.04 bits per heavy atom. The van der Waals surface area contributed by atoms with Crippen LogP contribution < -0.4 is 16.4 Å². The fourth-order valence-electron chi connectivity index (χ4n) is 1.90. The number of hydrogen-bond donors (Lipinski definition) is 3. The molecule has 0 amide bonds. The minimum Gasteiger partial charge on any atom is -0.383 e. The van der Waals surface area contributed by atoms with E-state index in [2.05, 4.69) is 25.6 Å². The molecule has 0 aromatic carbocycles. The third kappa shape index (κ3) is 8.78. The number of aromatic nitrogens is 2. The Bertz CT molecular complexity index is 616. The van der Waals surface area contributed by atoms with Gasteiger partial charge in [0.25, 0.3) is 0 Å². The van der Waals surface area contributed by atoms with Gasteiger partial charge in [-0.25, -0.2) is 9.97 Å². The maximum atomic E-state index is 8.47. The van der Waals surface area contributed by atoms with Gasteiger partial charge in [-0.2, -0.15) is 5.26 Å². The fourth-order valence-corrected chi connectivity index (χ4v) is 2.11. The summed E-state index contributed by atoms with van der Waals surface area (Å²) < 4.78 is 4.95. The van der Waals surface area contributed by atoms with Crippen molar-refractivity contribution in [3.63, 3.8) is 0 Å². The third-order valence-electron chi connectivity index (χ3n) is 3.24. The number of hydrogen-bond acceptors (Lipinski definition) is 6. The molecule has 0 aliphatic heterocycles. The number of rotatable bonds is 9. The molecule has 0 saturated carbocycles. The average Bonchev–Trinajstić information content (AvgIpc) is 2.59. The van der Waals surface area contributed by atoms with Crippen molar-refractivity contribution < 1.29 is 4.74 Å². The first-order valence-electron chi connectivity index (χ1n) is 7.86. The average molecular weight is 364 g/mol. The van der Waals surface area contributed by atoms with Gasteiger partial charge in [0.1, 0.15) is 11.6 Å². The van der Waals surface area contributed by atoms with Gasteiger partial charge < -0.3 is 26.0 Å². The monoisotopic (exact) mass is 364 g/mol. The van der Waals surface area contributed by atoms with Crippen LogP contribution in [0.25, 0.3) is 0 Å². The van der Waals surface area contributed by atoms with Crippen molar-refractivity contribution in [1.82, 2.24) is 20.2 Å². The Hall–Kier alpha value is -2.51. The van der Waals surface area contributed by atoms with Gasteiger partial charge in [-0.15, -0.1) is 4.99 Å². The summed E-state index contributed by atoms with van der Waals surface area (Å²) in [5.74, 6) is 1.62. The molecule has 1 heterocycles. The molecule has 4 N–H and O–H groups in total. The number of ether oxygens (including phenoxy) is 1. The van der Waals surface area contributed by atoms with E-state index in [0.717, 1.165) is 25.1 Å². The number of guanidine groups is 1. The molecule has 1 rings (SSSR count). The molecule has 1 aromatic rings. The zero-order valence-corrected chi connectivity index (χ0v) is 15.3. The van der Waals surface area contributed by atoms with Crippen molar-refractivity contribution in [2.45, 2.75) is 19.3 Å². The number of aryl methyl sites for hydroxylation is 1. The summed E-state index contributed by atoms with van der Waals surface area (Å²) in [6, 6.07) is 1.76.